The second-order valence-electron chi connectivity index (χ2n) is 8.28. The van der Waals surface area contributed by atoms with Gasteiger partial charge in [0.2, 0.25) is 0 Å². The first-order valence-electron chi connectivity index (χ1n) is 10.4. The summed E-state index contributed by atoms with van der Waals surface area (Å²) < 4.78 is 2.22. The number of piperidine rings is 1. The van der Waals surface area contributed by atoms with Gasteiger partial charge < -0.3 is 9.47 Å². The molecule has 1 unspecified atom stereocenters. The Morgan fingerprint density at radius 2 is 1.78 bits per heavy atom. The van der Waals surface area contributed by atoms with Crippen molar-refractivity contribution in [3.63, 3.8) is 0 Å². The van der Waals surface area contributed by atoms with Gasteiger partial charge in [-0.1, -0.05) is 30.3 Å². The van der Waals surface area contributed by atoms with Crippen LogP contribution in [-0.2, 0) is 6.54 Å². The molecule has 3 heterocycles. The van der Waals surface area contributed by atoms with Gasteiger partial charge in [0.1, 0.15) is 11.5 Å². The molecule has 2 aliphatic heterocycles. The number of hydrogen-bond acceptors (Lipinski definition) is 3. The van der Waals surface area contributed by atoms with E-state index in [0.717, 1.165) is 57.3 Å². The second-order valence-corrected chi connectivity index (χ2v) is 8.28. The van der Waals surface area contributed by atoms with E-state index in [0.29, 0.717) is 5.69 Å². The van der Waals surface area contributed by atoms with Crippen LogP contribution in [0, 0.1) is 5.92 Å². The van der Waals surface area contributed by atoms with Crippen molar-refractivity contribution in [2.75, 3.05) is 26.2 Å². The van der Waals surface area contributed by atoms with Crippen LogP contribution in [-0.4, -0.2) is 51.4 Å². The maximum absolute atomic E-state index is 13.0. The third-order valence-corrected chi connectivity index (χ3v) is 6.21. The second kappa shape index (κ2) is 7.12. The molecule has 3 aliphatic rings. The molecule has 1 aromatic carbocycles. The molecule has 5 heteroatoms. The van der Waals surface area contributed by atoms with Gasteiger partial charge in [0.25, 0.3) is 5.91 Å². The van der Waals surface area contributed by atoms with Crippen LogP contribution in [0.4, 0.5) is 0 Å². The van der Waals surface area contributed by atoms with Gasteiger partial charge >= 0.3 is 0 Å². The van der Waals surface area contributed by atoms with Crippen molar-refractivity contribution in [1.29, 1.82) is 0 Å². The van der Waals surface area contributed by atoms with Gasteiger partial charge in [0, 0.05) is 38.9 Å². The summed E-state index contributed by atoms with van der Waals surface area (Å²) >= 11 is 0. The molecule has 5 rings (SSSR count). The standard InChI is InChI=1S/C22H28N4O/c27-22(24-11-5-2-6-12-24)19-16-26-14-13-25(15-17-9-10-17)20(21(26)23-19)18-7-3-1-4-8-18/h1,3-4,7-8,16-17,20H,2,5-6,9-15H2. The molecule has 0 spiro atoms. The summed E-state index contributed by atoms with van der Waals surface area (Å²) in [5.41, 5.74) is 1.91. The van der Waals surface area contributed by atoms with Crippen molar-refractivity contribution < 1.29 is 4.79 Å². The topological polar surface area (TPSA) is 41.4 Å². The van der Waals surface area contributed by atoms with Crippen LogP contribution < -0.4 is 0 Å². The number of amides is 1. The van der Waals surface area contributed by atoms with Gasteiger partial charge in [-0.05, 0) is 43.6 Å². The molecule has 0 bridgehead atoms. The highest BCUT2D eigenvalue weighted by Gasteiger charge is 2.35. The Kier molecular flexibility index (Phi) is 4.48. The fourth-order valence-corrected chi connectivity index (χ4v) is 4.54. The summed E-state index contributed by atoms with van der Waals surface area (Å²) in [5.74, 6) is 1.98. The number of fused-ring (bicyclic) bond motifs is 1. The molecule has 5 nitrogen and oxygen atoms in total. The first-order valence-corrected chi connectivity index (χ1v) is 10.4. The zero-order valence-electron chi connectivity index (χ0n) is 15.9. The van der Waals surface area contributed by atoms with Crippen LogP contribution in [0.2, 0.25) is 0 Å². The molecular formula is C22H28N4O. The predicted molar refractivity (Wildman–Crippen MR) is 105 cm³/mol. The van der Waals surface area contributed by atoms with E-state index in [2.05, 4.69) is 39.8 Å². The number of carbonyl (C=O) groups excluding carboxylic acids is 1. The van der Waals surface area contributed by atoms with Crippen molar-refractivity contribution in [2.24, 2.45) is 5.92 Å². The zero-order chi connectivity index (χ0) is 18.2. The minimum Gasteiger partial charge on any atom is -0.337 e. The first kappa shape index (κ1) is 17.0. The van der Waals surface area contributed by atoms with E-state index in [1.807, 2.05) is 11.1 Å². The maximum Gasteiger partial charge on any atom is 0.274 e. The lowest BCUT2D eigenvalue weighted by Crippen LogP contribution is -2.40. The van der Waals surface area contributed by atoms with E-state index in [9.17, 15) is 4.79 Å². The third kappa shape index (κ3) is 3.41. The van der Waals surface area contributed by atoms with Gasteiger partial charge in [-0.15, -0.1) is 0 Å². The Morgan fingerprint density at radius 3 is 2.52 bits per heavy atom. The van der Waals surface area contributed by atoms with Crippen LogP contribution in [0.5, 0.6) is 0 Å². The van der Waals surface area contributed by atoms with E-state index >= 15 is 0 Å². The van der Waals surface area contributed by atoms with Crippen molar-refractivity contribution in [1.82, 2.24) is 19.4 Å². The number of likely N-dealkylation sites (tertiary alicyclic amines) is 1. The van der Waals surface area contributed by atoms with E-state index in [-0.39, 0.29) is 11.9 Å². The molecule has 27 heavy (non-hydrogen) atoms. The lowest BCUT2D eigenvalue weighted by molar-refractivity contribution is 0.0718. The molecule has 1 saturated carbocycles. The molecule has 2 fully saturated rings. The van der Waals surface area contributed by atoms with Gasteiger partial charge in [-0.3, -0.25) is 9.69 Å². The van der Waals surface area contributed by atoms with E-state index in [1.54, 1.807) is 0 Å². The zero-order valence-corrected chi connectivity index (χ0v) is 15.9. The number of benzene rings is 1. The Morgan fingerprint density at radius 1 is 1.00 bits per heavy atom. The Labute approximate surface area is 161 Å². The summed E-state index contributed by atoms with van der Waals surface area (Å²) in [6.07, 6.45) is 8.16. The predicted octanol–water partition coefficient (Wildman–Crippen LogP) is 3.32. The first-order chi connectivity index (χ1) is 13.3. The number of carbonyl (C=O) groups is 1. The molecule has 1 aromatic heterocycles. The highest BCUT2D eigenvalue weighted by atomic mass is 16.2. The smallest absolute Gasteiger partial charge is 0.274 e. The molecule has 142 valence electrons. The number of aromatic nitrogens is 2. The van der Waals surface area contributed by atoms with Crippen molar-refractivity contribution in [2.45, 2.75) is 44.7 Å². The summed E-state index contributed by atoms with van der Waals surface area (Å²) in [7, 11) is 0. The Bertz CT molecular complexity index is 805. The van der Waals surface area contributed by atoms with Gasteiger partial charge in [0.15, 0.2) is 0 Å². The van der Waals surface area contributed by atoms with Crippen LogP contribution >= 0.6 is 0 Å². The molecule has 1 atom stereocenters. The third-order valence-electron chi connectivity index (χ3n) is 6.21. The minimum absolute atomic E-state index is 0.108. The SMILES string of the molecule is O=C(c1cn2c(n1)C(c1ccccc1)N(CC1CC1)CC2)N1CCCCC1. The number of imidazole rings is 1. The average Bonchev–Trinajstić information content (AvgIpc) is 3.43. The van der Waals surface area contributed by atoms with Crippen LogP contribution in [0.3, 0.4) is 0 Å². The number of hydrogen-bond donors (Lipinski definition) is 0. The van der Waals surface area contributed by atoms with E-state index in [1.165, 1.54) is 24.8 Å². The van der Waals surface area contributed by atoms with Crippen LogP contribution in [0.1, 0.15) is 60.0 Å². The summed E-state index contributed by atoms with van der Waals surface area (Å²) in [6.45, 7) is 4.83. The molecule has 2 aromatic rings. The van der Waals surface area contributed by atoms with Gasteiger partial charge in [-0.25, -0.2) is 4.98 Å². The van der Waals surface area contributed by atoms with Crippen LogP contribution in [0.25, 0.3) is 0 Å². The van der Waals surface area contributed by atoms with E-state index in [4.69, 9.17) is 4.98 Å². The molecule has 1 amide bonds. The fourth-order valence-electron chi connectivity index (χ4n) is 4.54. The largest absolute Gasteiger partial charge is 0.337 e. The lowest BCUT2D eigenvalue weighted by Gasteiger charge is -2.36. The average molecular weight is 364 g/mol. The van der Waals surface area contributed by atoms with Gasteiger partial charge in [-0.2, -0.15) is 0 Å². The van der Waals surface area contributed by atoms with Crippen molar-refractivity contribution in [3.8, 4) is 0 Å². The molecule has 1 aliphatic carbocycles. The fraction of sp³-hybridized carbons (Fsp3) is 0.545. The summed E-state index contributed by atoms with van der Waals surface area (Å²) in [6, 6.07) is 10.8. The highest BCUT2D eigenvalue weighted by molar-refractivity contribution is 5.92. The number of rotatable bonds is 4. The summed E-state index contributed by atoms with van der Waals surface area (Å²) in [4.78, 5) is 22.4. The summed E-state index contributed by atoms with van der Waals surface area (Å²) in [5, 5.41) is 0. The molecule has 0 radical (unpaired) electrons. The quantitative estimate of drug-likeness (QED) is 0.836. The number of nitrogens with zero attached hydrogens (tertiary/aromatic N) is 4. The minimum atomic E-state index is 0.108. The van der Waals surface area contributed by atoms with E-state index < -0.39 is 0 Å². The van der Waals surface area contributed by atoms with Crippen molar-refractivity contribution >= 4 is 5.91 Å². The Balaban J connectivity index is 1.47. The van der Waals surface area contributed by atoms with Crippen molar-refractivity contribution in [3.05, 3.63) is 53.6 Å². The monoisotopic (exact) mass is 364 g/mol. The normalized spacial score (nSPS) is 23.3. The highest BCUT2D eigenvalue weighted by Crippen LogP contribution is 2.37. The van der Waals surface area contributed by atoms with Crippen LogP contribution in [0.15, 0.2) is 36.5 Å². The molecular weight excluding hydrogens is 336 g/mol. The molecule has 1 saturated heterocycles. The maximum atomic E-state index is 13.0. The molecule has 0 N–H and O–H groups in total. The lowest BCUT2D eigenvalue weighted by atomic mass is 10.0. The van der Waals surface area contributed by atoms with Gasteiger partial charge in [0.05, 0.1) is 6.04 Å². The Hall–Kier alpha value is -2.14.